The van der Waals surface area contributed by atoms with Gasteiger partial charge in [0.2, 0.25) is 5.78 Å². The van der Waals surface area contributed by atoms with E-state index in [1.807, 2.05) is 30.3 Å². The van der Waals surface area contributed by atoms with Crippen LogP contribution in [-0.4, -0.2) is 41.8 Å². The summed E-state index contributed by atoms with van der Waals surface area (Å²) in [4.78, 5) is 46.2. The summed E-state index contributed by atoms with van der Waals surface area (Å²) in [5.74, 6) is -1.39. The molecule has 0 radical (unpaired) electrons. The van der Waals surface area contributed by atoms with E-state index in [0.717, 1.165) is 16.9 Å². The molecule has 1 aliphatic rings. The first kappa shape index (κ1) is 29.6. The van der Waals surface area contributed by atoms with E-state index in [4.69, 9.17) is 18.6 Å². The van der Waals surface area contributed by atoms with Crippen LogP contribution in [0.5, 0.6) is 17.2 Å². The van der Waals surface area contributed by atoms with E-state index >= 15 is 0 Å². The van der Waals surface area contributed by atoms with Gasteiger partial charge in [-0.25, -0.2) is 4.98 Å². The highest BCUT2D eigenvalue weighted by atomic mass is 32.1. The molecule has 2 aromatic heterocycles. The van der Waals surface area contributed by atoms with Gasteiger partial charge in [-0.1, -0.05) is 59.9 Å². The molecule has 1 unspecified atom stereocenters. The van der Waals surface area contributed by atoms with Crippen molar-refractivity contribution >= 4 is 44.9 Å². The van der Waals surface area contributed by atoms with Gasteiger partial charge in [0.15, 0.2) is 45.3 Å². The molecule has 1 N–H and O–H groups in total. The molecule has 45 heavy (non-hydrogen) atoms. The van der Waals surface area contributed by atoms with Crippen molar-refractivity contribution in [2.75, 3.05) is 19.1 Å². The number of fused-ring (bicyclic) bond motifs is 1. The van der Waals surface area contributed by atoms with Crippen molar-refractivity contribution in [2.24, 2.45) is 0 Å². The minimum Gasteiger partial charge on any atom is -0.503 e. The highest BCUT2D eigenvalue weighted by Gasteiger charge is 2.47. The van der Waals surface area contributed by atoms with Crippen LogP contribution in [0.4, 0.5) is 5.13 Å². The fraction of sp³-hybridized carbons (Fsp3) is 0.176. The Bertz CT molecular complexity index is 1990. The minimum absolute atomic E-state index is 0.0924. The number of ether oxygens (including phenoxy) is 3. The molecule has 6 rings (SSSR count). The average Bonchev–Trinajstić information content (AvgIpc) is 3.73. The van der Waals surface area contributed by atoms with E-state index in [9.17, 15) is 19.5 Å². The summed E-state index contributed by atoms with van der Waals surface area (Å²) >= 11 is 1.01. The van der Waals surface area contributed by atoms with Crippen molar-refractivity contribution in [1.82, 2.24) is 4.98 Å². The molecule has 3 aromatic carbocycles. The number of thiazole rings is 1. The number of carbonyl (C=O) groups is 3. The van der Waals surface area contributed by atoms with Gasteiger partial charge in [0.1, 0.15) is 6.61 Å². The van der Waals surface area contributed by atoms with Crippen LogP contribution in [0.3, 0.4) is 0 Å². The third-order valence-corrected chi connectivity index (χ3v) is 8.71. The lowest BCUT2D eigenvalue weighted by Gasteiger charge is -2.25. The molecule has 11 heteroatoms. The molecule has 10 nitrogen and oxygen atoms in total. The molecule has 0 aliphatic carbocycles. The Morgan fingerprint density at radius 1 is 0.978 bits per heavy atom. The second kappa shape index (κ2) is 11.9. The van der Waals surface area contributed by atoms with E-state index in [1.54, 1.807) is 43.3 Å². The summed E-state index contributed by atoms with van der Waals surface area (Å²) < 4.78 is 23.0. The number of rotatable bonds is 10. The van der Waals surface area contributed by atoms with Gasteiger partial charge in [-0.05, 0) is 42.3 Å². The number of para-hydroxylation sites is 1. The lowest BCUT2D eigenvalue weighted by Crippen LogP contribution is -2.31. The number of aryl methyl sites for hydroxylation is 1. The normalized spacial score (nSPS) is 14.7. The fourth-order valence-corrected chi connectivity index (χ4v) is 6.30. The smallest absolute Gasteiger partial charge is 0.296 e. The molecule has 0 bridgehead atoms. The number of aliphatic hydroxyl groups excluding tert-OH is 1. The van der Waals surface area contributed by atoms with Crippen molar-refractivity contribution in [3.05, 3.63) is 112 Å². The van der Waals surface area contributed by atoms with Crippen molar-refractivity contribution in [2.45, 2.75) is 26.5 Å². The van der Waals surface area contributed by atoms with Gasteiger partial charge in [-0.15, -0.1) is 0 Å². The van der Waals surface area contributed by atoms with E-state index in [1.165, 1.54) is 32.1 Å². The molecule has 1 amide bonds. The number of aromatic nitrogens is 1. The van der Waals surface area contributed by atoms with Gasteiger partial charge in [0.25, 0.3) is 5.91 Å². The molecule has 0 saturated heterocycles. The Labute approximate surface area is 262 Å². The predicted molar refractivity (Wildman–Crippen MR) is 168 cm³/mol. The lowest BCUT2D eigenvalue weighted by molar-refractivity contribution is -0.117. The van der Waals surface area contributed by atoms with Crippen molar-refractivity contribution in [3.63, 3.8) is 0 Å². The van der Waals surface area contributed by atoms with E-state index < -0.39 is 23.5 Å². The van der Waals surface area contributed by atoms with E-state index in [2.05, 4.69) is 4.98 Å². The van der Waals surface area contributed by atoms with Crippen molar-refractivity contribution in [3.8, 4) is 17.2 Å². The third-order valence-electron chi connectivity index (χ3n) is 7.46. The van der Waals surface area contributed by atoms with Gasteiger partial charge < -0.3 is 23.7 Å². The Morgan fingerprint density at radius 3 is 2.42 bits per heavy atom. The van der Waals surface area contributed by atoms with Crippen LogP contribution >= 0.6 is 11.3 Å². The number of hydrogen-bond donors (Lipinski definition) is 1. The predicted octanol–water partition coefficient (Wildman–Crippen LogP) is 6.78. The molecular weight excluding hydrogens is 596 g/mol. The number of Topliss-reactive ketones (excluding diaryl/α,β-unsaturated/α-hetero) is 2. The summed E-state index contributed by atoms with van der Waals surface area (Å²) in [6.45, 7) is 3.36. The fourth-order valence-electron chi connectivity index (χ4n) is 5.31. The molecule has 1 atom stereocenters. The highest BCUT2D eigenvalue weighted by molar-refractivity contribution is 7.17. The third kappa shape index (κ3) is 5.31. The second-order valence-electron chi connectivity index (χ2n) is 10.3. The largest absolute Gasteiger partial charge is 0.503 e. The van der Waals surface area contributed by atoms with Crippen molar-refractivity contribution < 1.29 is 38.1 Å². The zero-order valence-corrected chi connectivity index (χ0v) is 25.6. The van der Waals surface area contributed by atoms with Gasteiger partial charge in [-0.3, -0.25) is 19.3 Å². The number of amides is 1. The first-order chi connectivity index (χ1) is 21.7. The van der Waals surface area contributed by atoms with Gasteiger partial charge >= 0.3 is 0 Å². The van der Waals surface area contributed by atoms with E-state index in [-0.39, 0.29) is 28.9 Å². The van der Waals surface area contributed by atoms with Gasteiger partial charge in [-0.2, -0.15) is 0 Å². The molecule has 228 valence electrons. The first-order valence-electron chi connectivity index (χ1n) is 13.9. The standard InChI is InChI=1S/C34H28N2O8S/c1-18-32(19(2)37)45-34(35-18)36-28(21-13-14-23(25(15-21)42-4)43-17-20-9-6-5-7-10-20)27(30(39)33(36)40)29(38)26-16-22-11-8-12-24(41-3)31(22)44-26/h5-16,28,39H,17H2,1-4H3. The Balaban J connectivity index is 1.45. The van der Waals surface area contributed by atoms with E-state index in [0.29, 0.717) is 44.4 Å². The molecule has 1 aliphatic heterocycles. The van der Waals surface area contributed by atoms with Gasteiger partial charge in [0.05, 0.1) is 36.4 Å². The highest BCUT2D eigenvalue weighted by Crippen LogP contribution is 2.46. The summed E-state index contributed by atoms with van der Waals surface area (Å²) in [6.07, 6.45) is 0. The zero-order valence-electron chi connectivity index (χ0n) is 24.8. The number of aliphatic hydroxyl groups is 1. The number of ketones is 2. The molecule has 0 spiro atoms. The second-order valence-corrected chi connectivity index (χ2v) is 11.3. The maximum absolute atomic E-state index is 14.1. The average molecular weight is 625 g/mol. The summed E-state index contributed by atoms with van der Waals surface area (Å²) in [6, 6.07) is 20.3. The summed E-state index contributed by atoms with van der Waals surface area (Å²) in [7, 11) is 2.97. The maximum Gasteiger partial charge on any atom is 0.296 e. The molecule has 5 aromatic rings. The zero-order chi connectivity index (χ0) is 31.8. The quantitative estimate of drug-likeness (QED) is 0.167. The van der Waals surface area contributed by atoms with Crippen LogP contribution in [0.2, 0.25) is 0 Å². The number of carbonyl (C=O) groups excluding carboxylic acids is 3. The number of benzene rings is 3. The summed E-state index contributed by atoms with van der Waals surface area (Å²) in [5, 5.41) is 12.0. The first-order valence-corrected chi connectivity index (χ1v) is 14.7. The monoisotopic (exact) mass is 624 g/mol. The van der Waals surface area contributed by atoms with Crippen LogP contribution in [-0.2, 0) is 11.4 Å². The minimum atomic E-state index is -1.14. The van der Waals surface area contributed by atoms with Crippen LogP contribution in [0.25, 0.3) is 11.0 Å². The number of anilines is 1. The van der Waals surface area contributed by atoms with Crippen LogP contribution in [0.15, 0.2) is 88.5 Å². The Kier molecular flexibility index (Phi) is 7.86. The molecule has 0 saturated carbocycles. The molecule has 3 heterocycles. The molecule has 0 fully saturated rings. The Morgan fingerprint density at radius 2 is 1.73 bits per heavy atom. The molecular formula is C34H28N2O8S. The lowest BCUT2D eigenvalue weighted by atomic mass is 9.95. The topological polar surface area (TPSA) is 128 Å². The van der Waals surface area contributed by atoms with Crippen LogP contribution in [0, 0.1) is 6.92 Å². The maximum atomic E-state index is 14.1. The van der Waals surface area contributed by atoms with Crippen molar-refractivity contribution in [1.29, 1.82) is 0 Å². The summed E-state index contributed by atoms with van der Waals surface area (Å²) in [5.41, 5.74) is 1.96. The SMILES string of the molecule is COc1cc(C2C(C(=O)c3cc4cccc(OC)c4o3)=C(O)C(=O)N2c2nc(C)c(C(C)=O)s2)ccc1OCc1ccccc1. The number of methoxy groups -OCH3 is 2. The Hall–Kier alpha value is -5.42. The van der Waals surface area contributed by atoms with Crippen LogP contribution in [0.1, 0.15) is 50.0 Å². The van der Waals surface area contributed by atoms with Gasteiger partial charge in [0, 0.05) is 12.3 Å². The number of hydrogen-bond acceptors (Lipinski definition) is 10. The number of furan rings is 1. The number of nitrogens with zero attached hydrogens (tertiary/aromatic N) is 2. The van der Waals surface area contributed by atoms with Crippen LogP contribution < -0.4 is 19.1 Å².